The minimum atomic E-state index is -2.96. The lowest BCUT2D eigenvalue weighted by atomic mass is 9.44. The van der Waals surface area contributed by atoms with Crippen LogP contribution in [0.4, 0.5) is 8.78 Å². The number of hydrogen-bond donors (Lipinski definition) is 1. The second-order valence-corrected chi connectivity index (χ2v) is 12.4. The first-order valence-corrected chi connectivity index (χ1v) is 12.5. The molecule has 0 bridgehead atoms. The van der Waals surface area contributed by atoms with Crippen molar-refractivity contribution in [1.29, 1.82) is 0 Å². The van der Waals surface area contributed by atoms with Crippen molar-refractivity contribution in [2.45, 2.75) is 111 Å². The van der Waals surface area contributed by atoms with E-state index in [1.807, 2.05) is 6.92 Å². The van der Waals surface area contributed by atoms with Crippen molar-refractivity contribution in [3.05, 3.63) is 0 Å². The molecule has 4 saturated carbocycles. The Bertz CT molecular complexity index is 604. The molecule has 0 aliphatic heterocycles. The number of halogens is 2. The number of hydrogen-bond acceptors (Lipinski definition) is 1. The molecule has 0 aromatic carbocycles. The van der Waals surface area contributed by atoms with Gasteiger partial charge in [0.25, 0.3) is 5.92 Å². The Morgan fingerprint density at radius 3 is 2.28 bits per heavy atom. The number of alkyl halides is 2. The summed E-state index contributed by atoms with van der Waals surface area (Å²) in [5.41, 5.74) is 0.750. The standard InChI is InChI=1S/C26H44F2O/c1-16-10-12-24(4)19(14-16)6-7-20-22-9-8-21(25(22,5)13-11-23(20)24)17(2)15-26(27,28)18(3)29/h16-23,29H,6-15H2,1-5H3. The van der Waals surface area contributed by atoms with E-state index in [2.05, 4.69) is 20.8 Å². The topological polar surface area (TPSA) is 20.2 Å². The fourth-order valence-electron chi connectivity index (χ4n) is 9.19. The van der Waals surface area contributed by atoms with Crippen LogP contribution < -0.4 is 0 Å². The summed E-state index contributed by atoms with van der Waals surface area (Å²) in [5.74, 6) is 1.62. The first-order chi connectivity index (χ1) is 13.5. The molecule has 168 valence electrons. The maximum absolute atomic E-state index is 14.3. The predicted molar refractivity (Wildman–Crippen MR) is 115 cm³/mol. The Hall–Kier alpha value is -0.180. The van der Waals surface area contributed by atoms with Gasteiger partial charge in [-0.25, -0.2) is 8.78 Å². The summed E-state index contributed by atoms with van der Waals surface area (Å²) in [4.78, 5) is 0. The summed E-state index contributed by atoms with van der Waals surface area (Å²) in [7, 11) is 0. The molecule has 10 unspecified atom stereocenters. The van der Waals surface area contributed by atoms with E-state index in [1.54, 1.807) is 0 Å². The Kier molecular flexibility index (Phi) is 5.66. The molecule has 1 nitrogen and oxygen atoms in total. The van der Waals surface area contributed by atoms with Gasteiger partial charge in [0, 0.05) is 6.42 Å². The van der Waals surface area contributed by atoms with Gasteiger partial charge in [-0.05, 0) is 111 Å². The van der Waals surface area contributed by atoms with Gasteiger partial charge in [-0.15, -0.1) is 0 Å². The molecule has 0 aromatic rings. The van der Waals surface area contributed by atoms with Crippen LogP contribution in [-0.2, 0) is 0 Å². The number of aliphatic hydroxyl groups excluding tert-OH is 1. The van der Waals surface area contributed by atoms with Crippen LogP contribution in [0, 0.1) is 52.3 Å². The van der Waals surface area contributed by atoms with Gasteiger partial charge in [-0.1, -0.05) is 34.1 Å². The molecular formula is C26H44F2O. The molecule has 0 aromatic heterocycles. The third-order valence-corrected chi connectivity index (χ3v) is 10.9. The van der Waals surface area contributed by atoms with E-state index in [-0.39, 0.29) is 17.8 Å². The smallest absolute Gasteiger partial charge is 0.273 e. The molecule has 0 heterocycles. The van der Waals surface area contributed by atoms with Gasteiger partial charge in [0.1, 0.15) is 6.10 Å². The maximum Gasteiger partial charge on any atom is 0.273 e. The van der Waals surface area contributed by atoms with Crippen molar-refractivity contribution in [3.8, 4) is 0 Å². The predicted octanol–water partition coefficient (Wildman–Crippen LogP) is 7.32. The fraction of sp³-hybridized carbons (Fsp3) is 1.00. The molecule has 29 heavy (non-hydrogen) atoms. The zero-order chi connectivity index (χ0) is 21.2. The van der Waals surface area contributed by atoms with Crippen LogP contribution in [0.25, 0.3) is 0 Å². The van der Waals surface area contributed by atoms with Crippen LogP contribution in [-0.4, -0.2) is 17.1 Å². The first-order valence-electron chi connectivity index (χ1n) is 12.5. The van der Waals surface area contributed by atoms with Crippen LogP contribution in [0.15, 0.2) is 0 Å². The minimum absolute atomic E-state index is 0.0198. The zero-order valence-electron chi connectivity index (χ0n) is 19.4. The summed E-state index contributed by atoms with van der Waals surface area (Å²) in [5, 5.41) is 9.53. The zero-order valence-corrected chi connectivity index (χ0v) is 19.4. The molecule has 0 saturated heterocycles. The second-order valence-electron chi connectivity index (χ2n) is 12.4. The normalized spacial score (nSPS) is 49.7. The Balaban J connectivity index is 1.51. The number of aliphatic hydroxyl groups is 1. The van der Waals surface area contributed by atoms with Crippen LogP contribution >= 0.6 is 0 Å². The second kappa shape index (κ2) is 7.45. The highest BCUT2D eigenvalue weighted by atomic mass is 19.3. The third kappa shape index (κ3) is 3.50. The quantitative estimate of drug-likeness (QED) is 0.514. The van der Waals surface area contributed by atoms with Crippen molar-refractivity contribution >= 4 is 0 Å². The molecule has 4 rings (SSSR count). The molecule has 10 atom stereocenters. The largest absolute Gasteiger partial charge is 0.387 e. The highest BCUT2D eigenvalue weighted by Crippen LogP contribution is 2.68. The van der Waals surface area contributed by atoms with Crippen molar-refractivity contribution in [2.24, 2.45) is 52.3 Å². The van der Waals surface area contributed by atoms with Crippen LogP contribution in [0.5, 0.6) is 0 Å². The maximum atomic E-state index is 14.3. The SMILES string of the molecule is CC1CCC2(C)C(CCC3C2CCC2(C)C(C(C)CC(F)(F)C(C)O)CCC32)C1. The average Bonchev–Trinajstić information content (AvgIpc) is 2.99. The van der Waals surface area contributed by atoms with E-state index in [4.69, 9.17) is 0 Å². The van der Waals surface area contributed by atoms with Crippen LogP contribution in [0.3, 0.4) is 0 Å². The highest BCUT2D eigenvalue weighted by molar-refractivity contribution is 5.09. The molecule has 0 amide bonds. The van der Waals surface area contributed by atoms with Crippen molar-refractivity contribution in [3.63, 3.8) is 0 Å². The molecular weight excluding hydrogens is 366 g/mol. The molecule has 0 radical (unpaired) electrons. The number of fused-ring (bicyclic) bond motifs is 5. The Morgan fingerprint density at radius 2 is 1.59 bits per heavy atom. The molecule has 3 heteroatoms. The lowest BCUT2D eigenvalue weighted by Crippen LogP contribution is -2.53. The van der Waals surface area contributed by atoms with Crippen molar-refractivity contribution in [2.75, 3.05) is 0 Å². The first kappa shape index (κ1) is 22.0. The van der Waals surface area contributed by atoms with Gasteiger partial charge in [-0.3, -0.25) is 0 Å². The average molecular weight is 411 g/mol. The van der Waals surface area contributed by atoms with E-state index in [0.717, 1.165) is 36.0 Å². The lowest BCUT2D eigenvalue weighted by molar-refractivity contribution is -0.135. The van der Waals surface area contributed by atoms with Crippen molar-refractivity contribution < 1.29 is 13.9 Å². The van der Waals surface area contributed by atoms with Crippen molar-refractivity contribution in [1.82, 2.24) is 0 Å². The van der Waals surface area contributed by atoms with Gasteiger partial charge < -0.3 is 5.11 Å². The van der Waals surface area contributed by atoms with E-state index in [1.165, 1.54) is 58.3 Å². The van der Waals surface area contributed by atoms with Crippen LogP contribution in [0.2, 0.25) is 0 Å². The van der Waals surface area contributed by atoms with Gasteiger partial charge >= 0.3 is 0 Å². The summed E-state index contributed by atoms with van der Waals surface area (Å²) in [6.45, 7) is 10.8. The lowest BCUT2D eigenvalue weighted by Gasteiger charge is -2.61. The molecule has 4 aliphatic rings. The molecule has 4 aliphatic carbocycles. The van der Waals surface area contributed by atoms with E-state index < -0.39 is 12.0 Å². The summed E-state index contributed by atoms with van der Waals surface area (Å²) in [6.07, 6.45) is 10.2. The summed E-state index contributed by atoms with van der Waals surface area (Å²) in [6, 6.07) is 0. The third-order valence-electron chi connectivity index (χ3n) is 10.9. The minimum Gasteiger partial charge on any atom is -0.387 e. The Morgan fingerprint density at radius 1 is 0.931 bits per heavy atom. The van der Waals surface area contributed by atoms with Gasteiger partial charge in [-0.2, -0.15) is 0 Å². The fourth-order valence-corrected chi connectivity index (χ4v) is 9.19. The van der Waals surface area contributed by atoms with E-state index in [9.17, 15) is 13.9 Å². The summed E-state index contributed by atoms with van der Waals surface area (Å²) >= 11 is 0. The van der Waals surface area contributed by atoms with E-state index in [0.29, 0.717) is 11.3 Å². The number of rotatable bonds is 4. The van der Waals surface area contributed by atoms with Gasteiger partial charge in [0.05, 0.1) is 0 Å². The van der Waals surface area contributed by atoms with Gasteiger partial charge in [0.2, 0.25) is 0 Å². The molecule has 4 fully saturated rings. The van der Waals surface area contributed by atoms with Crippen LogP contribution in [0.1, 0.15) is 98.8 Å². The summed E-state index contributed by atoms with van der Waals surface area (Å²) < 4.78 is 28.6. The Labute approximate surface area is 177 Å². The van der Waals surface area contributed by atoms with E-state index >= 15 is 0 Å². The molecule has 1 N–H and O–H groups in total. The molecule has 0 spiro atoms. The monoisotopic (exact) mass is 410 g/mol. The highest BCUT2D eigenvalue weighted by Gasteiger charge is 2.60. The van der Waals surface area contributed by atoms with Gasteiger partial charge in [0.15, 0.2) is 0 Å².